The van der Waals surface area contributed by atoms with Crippen LogP contribution in [0.4, 0.5) is 0 Å². The van der Waals surface area contributed by atoms with Crippen LogP contribution in [0.25, 0.3) is 0 Å². The third kappa shape index (κ3) is 4.33. The Hall–Kier alpha value is -1.11. The molecule has 6 heteroatoms. The Bertz CT molecular complexity index is 458. The Labute approximate surface area is 101 Å². The van der Waals surface area contributed by atoms with E-state index in [9.17, 15) is 13.5 Å². The van der Waals surface area contributed by atoms with Crippen LogP contribution in [-0.2, 0) is 14.8 Å². The van der Waals surface area contributed by atoms with Crippen LogP contribution in [0.3, 0.4) is 0 Å². The van der Waals surface area contributed by atoms with E-state index in [1.807, 2.05) is 0 Å². The second kappa shape index (κ2) is 6.00. The van der Waals surface area contributed by atoms with Gasteiger partial charge in [-0.2, -0.15) is 0 Å². The number of aromatic hydroxyl groups is 1. The molecule has 96 valence electrons. The molecule has 0 spiro atoms. The lowest BCUT2D eigenvalue weighted by atomic mass is 10.3. The van der Waals surface area contributed by atoms with Crippen LogP contribution >= 0.6 is 0 Å². The minimum atomic E-state index is -3.58. The van der Waals surface area contributed by atoms with E-state index in [0.717, 1.165) is 0 Å². The number of hydrogen-bond acceptors (Lipinski definition) is 4. The predicted molar refractivity (Wildman–Crippen MR) is 64.4 cm³/mol. The lowest BCUT2D eigenvalue weighted by Gasteiger charge is -2.13. The van der Waals surface area contributed by atoms with E-state index in [1.165, 1.54) is 24.3 Å². The zero-order valence-electron chi connectivity index (χ0n) is 9.88. The van der Waals surface area contributed by atoms with E-state index in [2.05, 4.69) is 4.72 Å². The van der Waals surface area contributed by atoms with E-state index in [0.29, 0.717) is 13.0 Å². The molecule has 0 fully saturated rings. The highest BCUT2D eigenvalue weighted by Gasteiger charge is 2.17. The number of phenols is 1. The molecule has 5 nitrogen and oxygen atoms in total. The molecule has 0 aliphatic heterocycles. The van der Waals surface area contributed by atoms with Gasteiger partial charge in [0.25, 0.3) is 0 Å². The monoisotopic (exact) mass is 259 g/mol. The average molecular weight is 259 g/mol. The number of methoxy groups -OCH3 is 1. The lowest BCUT2D eigenvalue weighted by Crippen LogP contribution is -2.33. The normalized spacial score (nSPS) is 13.5. The van der Waals surface area contributed by atoms with Crippen LogP contribution in [0, 0.1) is 0 Å². The standard InChI is InChI=1S/C11H17NO4S/c1-9(6-7-16-2)12-17(14,15)11-5-3-4-10(13)8-11/h3-5,8-9,12-13H,6-7H2,1-2H3. The van der Waals surface area contributed by atoms with Gasteiger partial charge in [0.1, 0.15) is 5.75 Å². The first-order valence-electron chi connectivity index (χ1n) is 5.26. The second-order valence-corrected chi connectivity index (χ2v) is 5.52. The zero-order chi connectivity index (χ0) is 12.9. The first kappa shape index (κ1) is 14.0. The van der Waals surface area contributed by atoms with Crippen molar-refractivity contribution in [3.63, 3.8) is 0 Å². The number of rotatable bonds is 6. The molecule has 17 heavy (non-hydrogen) atoms. The molecular formula is C11H17NO4S. The lowest BCUT2D eigenvalue weighted by molar-refractivity contribution is 0.188. The van der Waals surface area contributed by atoms with Crippen molar-refractivity contribution in [1.29, 1.82) is 0 Å². The summed E-state index contributed by atoms with van der Waals surface area (Å²) in [6, 6.07) is 5.34. The molecular weight excluding hydrogens is 242 g/mol. The molecule has 1 aromatic rings. The summed E-state index contributed by atoms with van der Waals surface area (Å²) in [6.07, 6.45) is 0.592. The third-order valence-corrected chi connectivity index (χ3v) is 3.83. The summed E-state index contributed by atoms with van der Waals surface area (Å²) in [5, 5.41) is 9.24. The van der Waals surface area contributed by atoms with Crippen LogP contribution in [0.5, 0.6) is 5.75 Å². The molecule has 0 aliphatic rings. The first-order valence-corrected chi connectivity index (χ1v) is 6.74. The summed E-state index contributed by atoms with van der Waals surface area (Å²) in [7, 11) is -2.01. The fourth-order valence-corrected chi connectivity index (χ4v) is 2.65. The fourth-order valence-electron chi connectivity index (χ4n) is 1.34. The maximum absolute atomic E-state index is 11.9. The molecule has 1 atom stereocenters. The van der Waals surface area contributed by atoms with E-state index in [4.69, 9.17) is 4.74 Å². The van der Waals surface area contributed by atoms with Crippen molar-refractivity contribution in [3.05, 3.63) is 24.3 Å². The molecule has 0 radical (unpaired) electrons. The first-order chi connectivity index (χ1) is 7.95. The van der Waals surface area contributed by atoms with E-state index in [-0.39, 0.29) is 16.7 Å². The van der Waals surface area contributed by atoms with Crippen molar-refractivity contribution in [2.24, 2.45) is 0 Å². The molecule has 1 rings (SSSR count). The fraction of sp³-hybridized carbons (Fsp3) is 0.455. The molecule has 2 N–H and O–H groups in total. The largest absolute Gasteiger partial charge is 0.508 e. The van der Waals surface area contributed by atoms with Crippen LogP contribution in [-0.4, -0.2) is 33.3 Å². The number of hydrogen-bond donors (Lipinski definition) is 2. The van der Waals surface area contributed by atoms with Crippen LogP contribution < -0.4 is 4.72 Å². The summed E-state index contributed by atoms with van der Waals surface area (Å²) < 4.78 is 31.2. The van der Waals surface area contributed by atoms with E-state index >= 15 is 0 Å². The van der Waals surface area contributed by atoms with Crippen molar-refractivity contribution < 1.29 is 18.3 Å². The van der Waals surface area contributed by atoms with Crippen LogP contribution in [0.1, 0.15) is 13.3 Å². The van der Waals surface area contributed by atoms with Gasteiger partial charge in [-0.3, -0.25) is 0 Å². The van der Waals surface area contributed by atoms with Gasteiger partial charge in [0, 0.05) is 19.8 Å². The van der Waals surface area contributed by atoms with Gasteiger partial charge in [0.15, 0.2) is 0 Å². The van der Waals surface area contributed by atoms with Gasteiger partial charge in [-0.25, -0.2) is 13.1 Å². The Balaban J connectivity index is 2.75. The predicted octanol–water partition coefficient (Wildman–Crippen LogP) is 1.10. The van der Waals surface area contributed by atoms with Crippen molar-refractivity contribution in [2.75, 3.05) is 13.7 Å². The Kier molecular flexibility index (Phi) is 4.92. The third-order valence-electron chi connectivity index (χ3n) is 2.24. The smallest absolute Gasteiger partial charge is 0.240 e. The maximum Gasteiger partial charge on any atom is 0.240 e. The van der Waals surface area contributed by atoms with Gasteiger partial charge in [-0.15, -0.1) is 0 Å². The highest BCUT2D eigenvalue weighted by Crippen LogP contribution is 2.16. The quantitative estimate of drug-likeness (QED) is 0.802. The summed E-state index contributed by atoms with van der Waals surface area (Å²) in [5.74, 6) is -0.0718. The Morgan fingerprint density at radius 3 is 2.76 bits per heavy atom. The summed E-state index contributed by atoms with van der Waals surface area (Å²) >= 11 is 0. The van der Waals surface area contributed by atoms with Gasteiger partial charge >= 0.3 is 0 Å². The van der Waals surface area contributed by atoms with Gasteiger partial charge < -0.3 is 9.84 Å². The van der Waals surface area contributed by atoms with Gasteiger partial charge in [0.2, 0.25) is 10.0 Å². The summed E-state index contributed by atoms with van der Waals surface area (Å²) in [4.78, 5) is 0.0572. The maximum atomic E-state index is 11.9. The van der Waals surface area contributed by atoms with Crippen molar-refractivity contribution in [1.82, 2.24) is 4.72 Å². The summed E-state index contributed by atoms with van der Waals surface area (Å²) in [5.41, 5.74) is 0. The van der Waals surface area contributed by atoms with E-state index < -0.39 is 10.0 Å². The number of benzene rings is 1. The second-order valence-electron chi connectivity index (χ2n) is 3.80. The molecule has 0 aliphatic carbocycles. The molecule has 1 unspecified atom stereocenters. The number of ether oxygens (including phenoxy) is 1. The highest BCUT2D eigenvalue weighted by molar-refractivity contribution is 7.89. The number of phenolic OH excluding ortho intramolecular Hbond substituents is 1. The molecule has 0 aromatic heterocycles. The van der Waals surface area contributed by atoms with Gasteiger partial charge in [-0.05, 0) is 31.5 Å². The number of sulfonamides is 1. The topological polar surface area (TPSA) is 75.6 Å². The highest BCUT2D eigenvalue weighted by atomic mass is 32.2. The molecule has 0 saturated heterocycles. The molecule has 0 amide bonds. The van der Waals surface area contributed by atoms with Crippen LogP contribution in [0.2, 0.25) is 0 Å². The molecule has 1 aromatic carbocycles. The van der Waals surface area contributed by atoms with Gasteiger partial charge in [-0.1, -0.05) is 6.07 Å². The molecule has 0 saturated carbocycles. The van der Waals surface area contributed by atoms with Crippen molar-refractivity contribution in [2.45, 2.75) is 24.3 Å². The Morgan fingerprint density at radius 1 is 1.47 bits per heavy atom. The van der Waals surface area contributed by atoms with Gasteiger partial charge in [0.05, 0.1) is 4.90 Å². The average Bonchev–Trinajstić information content (AvgIpc) is 2.26. The van der Waals surface area contributed by atoms with Crippen LogP contribution in [0.15, 0.2) is 29.2 Å². The molecule has 0 heterocycles. The minimum absolute atomic E-state index is 0.0572. The van der Waals surface area contributed by atoms with E-state index in [1.54, 1.807) is 14.0 Å². The van der Waals surface area contributed by atoms with Crippen molar-refractivity contribution >= 4 is 10.0 Å². The summed E-state index contributed by atoms with van der Waals surface area (Å²) in [6.45, 7) is 2.25. The number of nitrogens with one attached hydrogen (secondary N) is 1. The molecule has 0 bridgehead atoms. The zero-order valence-corrected chi connectivity index (χ0v) is 10.7. The minimum Gasteiger partial charge on any atom is -0.508 e. The van der Waals surface area contributed by atoms with Crippen molar-refractivity contribution in [3.8, 4) is 5.75 Å². The Morgan fingerprint density at radius 2 is 2.18 bits per heavy atom. The SMILES string of the molecule is COCCC(C)NS(=O)(=O)c1cccc(O)c1.